The van der Waals surface area contributed by atoms with Gasteiger partial charge in [-0.1, -0.05) is 28.1 Å². The summed E-state index contributed by atoms with van der Waals surface area (Å²) < 4.78 is 46.7. The molecule has 0 atom stereocenters. The molecule has 150 valence electrons. The molecular formula is C20H20BrF3N2O2. The van der Waals surface area contributed by atoms with Crippen molar-refractivity contribution in [1.82, 2.24) is 4.90 Å². The third-order valence-electron chi connectivity index (χ3n) is 4.60. The number of hydrogen-bond donors (Lipinski definition) is 1. The lowest BCUT2D eigenvalue weighted by Crippen LogP contribution is -2.36. The van der Waals surface area contributed by atoms with Gasteiger partial charge in [-0.25, -0.2) is 0 Å². The van der Waals surface area contributed by atoms with Crippen molar-refractivity contribution >= 4 is 27.5 Å². The number of alkyl halides is 3. The van der Waals surface area contributed by atoms with Gasteiger partial charge in [0.2, 0.25) is 0 Å². The van der Waals surface area contributed by atoms with Crippen LogP contribution in [0.4, 0.5) is 18.9 Å². The summed E-state index contributed by atoms with van der Waals surface area (Å²) in [5.74, 6) is -0.463. The highest BCUT2D eigenvalue weighted by molar-refractivity contribution is 9.10. The summed E-state index contributed by atoms with van der Waals surface area (Å²) in [4.78, 5) is 14.3. The van der Waals surface area contributed by atoms with Crippen molar-refractivity contribution in [3.63, 3.8) is 0 Å². The molecule has 2 aromatic carbocycles. The zero-order valence-corrected chi connectivity index (χ0v) is 16.9. The highest BCUT2D eigenvalue weighted by Crippen LogP contribution is 2.34. The second kappa shape index (κ2) is 8.63. The van der Waals surface area contributed by atoms with E-state index in [1.165, 1.54) is 12.1 Å². The van der Waals surface area contributed by atoms with E-state index in [0.29, 0.717) is 31.9 Å². The fourth-order valence-electron chi connectivity index (χ4n) is 2.99. The molecule has 1 fully saturated rings. The minimum atomic E-state index is -4.50. The first-order chi connectivity index (χ1) is 13.2. The Morgan fingerprint density at radius 2 is 1.89 bits per heavy atom. The van der Waals surface area contributed by atoms with Crippen LogP contribution in [0.1, 0.15) is 27.0 Å². The summed E-state index contributed by atoms with van der Waals surface area (Å²) in [6.07, 6.45) is -4.50. The van der Waals surface area contributed by atoms with Crippen molar-refractivity contribution < 1.29 is 22.7 Å². The van der Waals surface area contributed by atoms with E-state index < -0.39 is 17.6 Å². The van der Waals surface area contributed by atoms with Gasteiger partial charge in [-0.3, -0.25) is 9.69 Å². The lowest BCUT2D eigenvalue weighted by atomic mass is 10.0. The predicted octanol–water partition coefficient (Wildman–Crippen LogP) is 4.86. The first-order valence-electron chi connectivity index (χ1n) is 8.82. The Balaban J connectivity index is 1.81. The average molecular weight is 457 g/mol. The Morgan fingerprint density at radius 1 is 1.18 bits per heavy atom. The largest absolute Gasteiger partial charge is 0.416 e. The van der Waals surface area contributed by atoms with E-state index in [4.69, 9.17) is 4.74 Å². The Bertz CT molecular complexity index is 865. The van der Waals surface area contributed by atoms with Gasteiger partial charge in [0, 0.05) is 35.4 Å². The number of carbonyl (C=O) groups is 1. The van der Waals surface area contributed by atoms with Crippen molar-refractivity contribution in [2.75, 3.05) is 31.6 Å². The Kier molecular flexibility index (Phi) is 6.42. The van der Waals surface area contributed by atoms with E-state index in [9.17, 15) is 18.0 Å². The van der Waals surface area contributed by atoms with Crippen molar-refractivity contribution in [3.8, 4) is 0 Å². The standard InChI is InChI=1S/C20H20BrF3N2O2/c1-13-2-3-14(10-18(13)21)19(27)25-16-5-4-15(17(11-16)20(22,23)24)12-26-6-8-28-9-7-26/h2-5,10-11H,6-9,12H2,1H3,(H,25,27). The first-order valence-corrected chi connectivity index (χ1v) is 9.61. The number of rotatable bonds is 4. The summed E-state index contributed by atoms with van der Waals surface area (Å²) in [6, 6.07) is 8.97. The molecule has 0 radical (unpaired) electrons. The molecule has 1 heterocycles. The monoisotopic (exact) mass is 456 g/mol. The number of anilines is 1. The maximum Gasteiger partial charge on any atom is 0.416 e. The molecule has 3 rings (SSSR count). The SMILES string of the molecule is Cc1ccc(C(=O)Nc2ccc(CN3CCOCC3)c(C(F)(F)F)c2)cc1Br. The normalized spacial score (nSPS) is 15.5. The maximum absolute atomic E-state index is 13.6. The van der Waals surface area contributed by atoms with Gasteiger partial charge >= 0.3 is 6.18 Å². The quantitative estimate of drug-likeness (QED) is 0.713. The van der Waals surface area contributed by atoms with Gasteiger partial charge in [0.1, 0.15) is 0 Å². The third-order valence-corrected chi connectivity index (χ3v) is 5.46. The van der Waals surface area contributed by atoms with Crippen molar-refractivity contribution in [3.05, 3.63) is 63.1 Å². The van der Waals surface area contributed by atoms with Crippen molar-refractivity contribution in [2.45, 2.75) is 19.6 Å². The fraction of sp³-hybridized carbons (Fsp3) is 0.350. The number of ether oxygens (including phenoxy) is 1. The molecule has 8 heteroatoms. The molecule has 1 N–H and O–H groups in total. The van der Waals surface area contributed by atoms with Crippen LogP contribution in [-0.2, 0) is 17.5 Å². The minimum absolute atomic E-state index is 0.111. The predicted molar refractivity (Wildman–Crippen MR) is 104 cm³/mol. The van der Waals surface area contributed by atoms with Gasteiger partial charge in [-0.2, -0.15) is 13.2 Å². The molecule has 2 aromatic rings. The Morgan fingerprint density at radius 3 is 2.54 bits per heavy atom. The molecular weight excluding hydrogens is 437 g/mol. The second-order valence-corrected chi connectivity index (χ2v) is 7.53. The molecule has 0 aromatic heterocycles. The number of amides is 1. The molecule has 1 amide bonds. The number of nitrogens with zero attached hydrogens (tertiary/aromatic N) is 1. The summed E-state index contributed by atoms with van der Waals surface area (Å²) in [5, 5.41) is 2.55. The molecule has 0 aliphatic carbocycles. The number of benzene rings is 2. The topological polar surface area (TPSA) is 41.6 Å². The van der Waals surface area contributed by atoms with Crippen LogP contribution < -0.4 is 5.32 Å². The van der Waals surface area contributed by atoms with E-state index in [2.05, 4.69) is 21.2 Å². The Labute approximate surface area is 169 Å². The molecule has 1 aliphatic heterocycles. The zero-order chi connectivity index (χ0) is 20.3. The van der Waals surface area contributed by atoms with E-state index in [-0.39, 0.29) is 17.8 Å². The summed E-state index contributed by atoms with van der Waals surface area (Å²) >= 11 is 3.35. The lowest BCUT2D eigenvalue weighted by molar-refractivity contribution is -0.138. The minimum Gasteiger partial charge on any atom is -0.379 e. The first kappa shape index (κ1) is 20.8. The van der Waals surface area contributed by atoms with Gasteiger partial charge in [0.25, 0.3) is 5.91 Å². The molecule has 0 saturated carbocycles. The lowest BCUT2D eigenvalue weighted by Gasteiger charge is -2.27. The average Bonchev–Trinajstić information content (AvgIpc) is 2.65. The van der Waals surface area contributed by atoms with Crippen LogP contribution in [0.5, 0.6) is 0 Å². The van der Waals surface area contributed by atoms with Crippen LogP contribution in [0, 0.1) is 6.92 Å². The molecule has 4 nitrogen and oxygen atoms in total. The highest BCUT2D eigenvalue weighted by Gasteiger charge is 2.34. The van der Waals surface area contributed by atoms with E-state index >= 15 is 0 Å². The molecule has 0 unspecified atom stereocenters. The molecule has 0 bridgehead atoms. The summed E-state index contributed by atoms with van der Waals surface area (Å²) in [5.41, 5.74) is 0.888. The van der Waals surface area contributed by atoms with Crippen LogP contribution in [0.15, 0.2) is 40.9 Å². The van der Waals surface area contributed by atoms with Crippen LogP contribution in [0.2, 0.25) is 0 Å². The fourth-order valence-corrected chi connectivity index (χ4v) is 3.37. The van der Waals surface area contributed by atoms with Crippen molar-refractivity contribution in [1.29, 1.82) is 0 Å². The number of aryl methyl sites for hydroxylation is 1. The number of halogens is 4. The van der Waals surface area contributed by atoms with E-state index in [1.54, 1.807) is 18.2 Å². The smallest absolute Gasteiger partial charge is 0.379 e. The van der Waals surface area contributed by atoms with Gasteiger partial charge in [-0.15, -0.1) is 0 Å². The van der Waals surface area contributed by atoms with Gasteiger partial charge in [-0.05, 0) is 42.3 Å². The summed E-state index contributed by atoms with van der Waals surface area (Å²) in [7, 11) is 0. The second-order valence-electron chi connectivity index (χ2n) is 6.68. The Hall–Kier alpha value is -1.90. The third kappa shape index (κ3) is 5.12. The number of carbonyl (C=O) groups excluding carboxylic acids is 1. The molecule has 1 aliphatic rings. The van der Waals surface area contributed by atoms with E-state index in [1.807, 2.05) is 11.8 Å². The highest BCUT2D eigenvalue weighted by atomic mass is 79.9. The van der Waals surface area contributed by atoms with Gasteiger partial charge < -0.3 is 10.1 Å². The molecule has 0 spiro atoms. The van der Waals surface area contributed by atoms with Crippen LogP contribution in [-0.4, -0.2) is 37.1 Å². The number of nitrogens with one attached hydrogen (secondary N) is 1. The number of hydrogen-bond acceptors (Lipinski definition) is 3. The van der Waals surface area contributed by atoms with Crippen LogP contribution in [0.3, 0.4) is 0 Å². The van der Waals surface area contributed by atoms with Crippen molar-refractivity contribution in [2.24, 2.45) is 0 Å². The van der Waals surface area contributed by atoms with Gasteiger partial charge in [0.05, 0.1) is 18.8 Å². The van der Waals surface area contributed by atoms with Crippen LogP contribution >= 0.6 is 15.9 Å². The summed E-state index contributed by atoms with van der Waals surface area (Å²) in [6.45, 7) is 4.30. The molecule has 1 saturated heterocycles. The molecule has 28 heavy (non-hydrogen) atoms. The number of morpholine rings is 1. The maximum atomic E-state index is 13.6. The van der Waals surface area contributed by atoms with Gasteiger partial charge in [0.15, 0.2) is 0 Å². The van der Waals surface area contributed by atoms with Crippen LogP contribution in [0.25, 0.3) is 0 Å². The van der Waals surface area contributed by atoms with E-state index in [0.717, 1.165) is 16.1 Å². The zero-order valence-electron chi connectivity index (χ0n) is 15.3.